The van der Waals surface area contributed by atoms with Crippen molar-refractivity contribution in [1.29, 1.82) is 0 Å². The van der Waals surface area contributed by atoms with Crippen molar-refractivity contribution in [1.82, 2.24) is 10.2 Å². The highest BCUT2D eigenvalue weighted by atomic mass is 19.4. The van der Waals surface area contributed by atoms with Gasteiger partial charge in [-0.05, 0) is 24.1 Å². The molecule has 1 aromatic rings. The number of aliphatic imine (C=N–C) groups is 1. The molecule has 8 heteroatoms. The molecule has 0 atom stereocenters. The maximum absolute atomic E-state index is 12.2. The number of alkyl halides is 3. The molecule has 1 rings (SSSR count). The lowest BCUT2D eigenvalue weighted by Gasteiger charge is -2.22. The van der Waals surface area contributed by atoms with E-state index in [0.29, 0.717) is 30.4 Å². The number of ether oxygens (including phenoxy) is 2. The molecule has 0 unspecified atom stereocenters. The summed E-state index contributed by atoms with van der Waals surface area (Å²) in [6.07, 6.45) is -4.38. The normalized spacial score (nSPS) is 12.0. The van der Waals surface area contributed by atoms with Crippen molar-refractivity contribution in [2.75, 3.05) is 41.4 Å². The fraction of sp³-hybridized carbons (Fsp3) is 0.562. The van der Waals surface area contributed by atoms with Gasteiger partial charge in [0, 0.05) is 27.2 Å². The predicted molar refractivity (Wildman–Crippen MR) is 87.9 cm³/mol. The molecule has 0 bridgehead atoms. The van der Waals surface area contributed by atoms with Crippen molar-refractivity contribution >= 4 is 5.96 Å². The summed E-state index contributed by atoms with van der Waals surface area (Å²) in [7, 11) is 6.47. The first-order valence-electron chi connectivity index (χ1n) is 7.50. The van der Waals surface area contributed by atoms with Crippen LogP contribution >= 0.6 is 0 Å². The third-order valence-corrected chi connectivity index (χ3v) is 3.45. The van der Waals surface area contributed by atoms with Gasteiger partial charge in [-0.1, -0.05) is 6.07 Å². The maximum Gasteiger partial charge on any atom is 0.390 e. The zero-order chi connectivity index (χ0) is 18.2. The summed E-state index contributed by atoms with van der Waals surface area (Å²) in [5.74, 6) is 1.73. The second-order valence-electron chi connectivity index (χ2n) is 5.20. The van der Waals surface area contributed by atoms with E-state index in [2.05, 4.69) is 10.3 Å². The van der Waals surface area contributed by atoms with E-state index in [1.54, 1.807) is 33.2 Å². The summed E-state index contributed by atoms with van der Waals surface area (Å²) in [5, 5.41) is 2.71. The second-order valence-corrected chi connectivity index (χ2v) is 5.20. The summed E-state index contributed by atoms with van der Waals surface area (Å²) < 4.78 is 47.0. The molecule has 0 amide bonds. The van der Waals surface area contributed by atoms with Crippen molar-refractivity contribution in [3.05, 3.63) is 23.8 Å². The van der Waals surface area contributed by atoms with Gasteiger partial charge in [0.15, 0.2) is 17.5 Å². The van der Waals surface area contributed by atoms with Crippen molar-refractivity contribution in [3.8, 4) is 11.5 Å². The van der Waals surface area contributed by atoms with Crippen LogP contribution in [0.3, 0.4) is 0 Å². The highest BCUT2D eigenvalue weighted by Gasteiger charge is 2.26. The van der Waals surface area contributed by atoms with Gasteiger partial charge in [0.05, 0.1) is 20.6 Å². The monoisotopic (exact) mass is 347 g/mol. The predicted octanol–water partition coefficient (Wildman–Crippen LogP) is 2.71. The Labute approximate surface area is 140 Å². The minimum Gasteiger partial charge on any atom is -0.493 e. The van der Waals surface area contributed by atoms with Crippen LogP contribution in [0, 0.1) is 0 Å². The fourth-order valence-corrected chi connectivity index (χ4v) is 2.14. The number of hydrogen-bond donors (Lipinski definition) is 1. The number of hydrogen-bond acceptors (Lipinski definition) is 3. The molecule has 0 spiro atoms. The van der Waals surface area contributed by atoms with Crippen LogP contribution in [0.5, 0.6) is 11.5 Å². The third-order valence-electron chi connectivity index (χ3n) is 3.45. The Morgan fingerprint density at radius 1 is 1.21 bits per heavy atom. The minimum atomic E-state index is -4.18. The lowest BCUT2D eigenvalue weighted by Crippen LogP contribution is -2.41. The van der Waals surface area contributed by atoms with Crippen LogP contribution in [-0.2, 0) is 6.42 Å². The van der Waals surface area contributed by atoms with Gasteiger partial charge in [0.25, 0.3) is 0 Å². The van der Waals surface area contributed by atoms with Gasteiger partial charge < -0.3 is 19.7 Å². The average Bonchev–Trinajstić information content (AvgIpc) is 2.55. The Morgan fingerprint density at radius 3 is 2.42 bits per heavy atom. The molecule has 136 valence electrons. The van der Waals surface area contributed by atoms with Crippen LogP contribution in [0.15, 0.2) is 23.2 Å². The van der Waals surface area contributed by atoms with Crippen molar-refractivity contribution < 1.29 is 22.6 Å². The van der Waals surface area contributed by atoms with Gasteiger partial charge in [0.1, 0.15) is 0 Å². The SMILES string of the molecule is CN=C(NCCC(F)(F)F)N(C)CCc1ccc(OC)c(OC)c1. The van der Waals surface area contributed by atoms with E-state index in [-0.39, 0.29) is 6.54 Å². The van der Waals surface area contributed by atoms with Crippen LogP contribution in [0.1, 0.15) is 12.0 Å². The van der Waals surface area contributed by atoms with E-state index >= 15 is 0 Å². The van der Waals surface area contributed by atoms with Crippen LogP contribution in [0.25, 0.3) is 0 Å². The van der Waals surface area contributed by atoms with Gasteiger partial charge in [-0.2, -0.15) is 13.2 Å². The number of methoxy groups -OCH3 is 2. The highest BCUT2D eigenvalue weighted by molar-refractivity contribution is 5.79. The van der Waals surface area contributed by atoms with E-state index in [0.717, 1.165) is 5.56 Å². The average molecular weight is 347 g/mol. The molecule has 1 N–H and O–H groups in total. The molecule has 5 nitrogen and oxygen atoms in total. The summed E-state index contributed by atoms with van der Waals surface area (Å²) in [6.45, 7) is 0.401. The Bertz CT molecular complexity index is 548. The Balaban J connectivity index is 2.56. The first-order valence-corrected chi connectivity index (χ1v) is 7.50. The van der Waals surface area contributed by atoms with Crippen LogP contribution in [0.4, 0.5) is 13.2 Å². The number of nitrogens with zero attached hydrogens (tertiary/aromatic N) is 2. The molecule has 0 heterocycles. The molecule has 0 fully saturated rings. The van der Waals surface area contributed by atoms with E-state index in [1.807, 2.05) is 18.2 Å². The molecule has 0 aliphatic heterocycles. The molecule has 1 aromatic carbocycles. The zero-order valence-corrected chi connectivity index (χ0v) is 14.4. The van der Waals surface area contributed by atoms with Crippen LogP contribution in [-0.4, -0.2) is 58.4 Å². The Hall–Kier alpha value is -2.12. The molecule has 0 saturated heterocycles. The van der Waals surface area contributed by atoms with E-state index in [1.165, 1.54) is 0 Å². The van der Waals surface area contributed by atoms with Crippen molar-refractivity contribution in [2.24, 2.45) is 4.99 Å². The molecule has 0 saturated carbocycles. The Morgan fingerprint density at radius 2 is 1.88 bits per heavy atom. The Kier molecular flexibility index (Phi) is 7.67. The number of guanidine groups is 1. The number of likely N-dealkylation sites (N-methyl/N-ethyl adjacent to an activating group) is 1. The molecule has 0 aromatic heterocycles. The number of nitrogens with one attached hydrogen (secondary N) is 1. The molecule has 0 aliphatic carbocycles. The highest BCUT2D eigenvalue weighted by Crippen LogP contribution is 2.27. The van der Waals surface area contributed by atoms with Gasteiger partial charge in [-0.25, -0.2) is 0 Å². The number of rotatable bonds is 7. The third kappa shape index (κ3) is 6.55. The number of halogens is 3. The second kappa shape index (κ2) is 9.24. The maximum atomic E-state index is 12.2. The molecule has 0 radical (unpaired) electrons. The lowest BCUT2D eigenvalue weighted by molar-refractivity contribution is -0.132. The van der Waals surface area contributed by atoms with Gasteiger partial charge in [0.2, 0.25) is 0 Å². The van der Waals surface area contributed by atoms with Gasteiger partial charge in [-0.15, -0.1) is 0 Å². The fourth-order valence-electron chi connectivity index (χ4n) is 2.14. The minimum absolute atomic E-state index is 0.198. The van der Waals surface area contributed by atoms with Crippen molar-refractivity contribution in [3.63, 3.8) is 0 Å². The quantitative estimate of drug-likeness (QED) is 0.609. The molecular weight excluding hydrogens is 323 g/mol. The van der Waals surface area contributed by atoms with Crippen LogP contribution in [0.2, 0.25) is 0 Å². The van der Waals surface area contributed by atoms with E-state index in [9.17, 15) is 13.2 Å². The topological polar surface area (TPSA) is 46.1 Å². The van der Waals surface area contributed by atoms with Crippen LogP contribution < -0.4 is 14.8 Å². The summed E-state index contributed by atoms with van der Waals surface area (Å²) >= 11 is 0. The summed E-state index contributed by atoms with van der Waals surface area (Å²) in [5.41, 5.74) is 1.03. The largest absolute Gasteiger partial charge is 0.493 e. The lowest BCUT2D eigenvalue weighted by atomic mass is 10.1. The summed E-state index contributed by atoms with van der Waals surface area (Å²) in [4.78, 5) is 5.79. The first kappa shape index (κ1) is 19.9. The zero-order valence-electron chi connectivity index (χ0n) is 14.4. The molecular formula is C16H24F3N3O2. The van der Waals surface area contributed by atoms with Crippen molar-refractivity contribution in [2.45, 2.75) is 19.0 Å². The smallest absolute Gasteiger partial charge is 0.390 e. The van der Waals surface area contributed by atoms with E-state index in [4.69, 9.17) is 9.47 Å². The summed E-state index contributed by atoms with van der Waals surface area (Å²) in [6, 6.07) is 5.63. The van der Waals surface area contributed by atoms with Gasteiger partial charge >= 0.3 is 6.18 Å². The number of benzene rings is 1. The van der Waals surface area contributed by atoms with E-state index < -0.39 is 12.6 Å². The molecule has 24 heavy (non-hydrogen) atoms. The first-order chi connectivity index (χ1) is 11.3. The van der Waals surface area contributed by atoms with Gasteiger partial charge in [-0.3, -0.25) is 4.99 Å². The molecule has 0 aliphatic rings. The standard InChI is InChI=1S/C16H24F3N3O2/c1-20-15(21-9-8-16(17,18)19)22(2)10-7-12-5-6-13(23-3)14(11-12)24-4/h5-6,11H,7-10H2,1-4H3,(H,20,21).